The number of nitrogens with zero attached hydrogens (tertiary/aromatic N) is 3. The van der Waals surface area contributed by atoms with E-state index in [1.807, 2.05) is 0 Å². The molecule has 0 fully saturated rings. The summed E-state index contributed by atoms with van der Waals surface area (Å²) in [5.74, 6) is -1.62. The van der Waals surface area contributed by atoms with Gasteiger partial charge in [0.2, 0.25) is 0 Å². The molecular weight excluding hydrogens is 237 g/mol. The van der Waals surface area contributed by atoms with E-state index >= 15 is 0 Å². The third-order valence-corrected chi connectivity index (χ3v) is 2.33. The Hall–Kier alpha value is -2.50. The Balaban J connectivity index is 2.54. The lowest BCUT2D eigenvalue weighted by molar-refractivity contribution is -0.131. The van der Waals surface area contributed by atoms with E-state index in [1.54, 1.807) is 17.9 Å². The highest BCUT2D eigenvalue weighted by Gasteiger charge is 2.11. The SMILES string of the molecule is Cn1cc(-c2c(F)cncc2/C=C/C(=O)O)cn1. The van der Waals surface area contributed by atoms with E-state index in [2.05, 4.69) is 10.1 Å². The molecule has 0 spiro atoms. The van der Waals surface area contributed by atoms with Gasteiger partial charge in [-0.3, -0.25) is 9.67 Å². The summed E-state index contributed by atoms with van der Waals surface area (Å²) in [5, 5.41) is 12.6. The molecule has 0 saturated carbocycles. The predicted molar refractivity (Wildman–Crippen MR) is 63.1 cm³/mol. The standard InChI is InChI=1S/C12H10FN3O2/c1-16-7-9(5-15-16)12-8(2-3-11(17)18)4-14-6-10(12)13/h2-7H,1H3,(H,17,18)/b3-2+. The number of hydrogen-bond acceptors (Lipinski definition) is 3. The van der Waals surface area contributed by atoms with E-state index in [-0.39, 0.29) is 5.56 Å². The van der Waals surface area contributed by atoms with Crippen LogP contribution in [0.3, 0.4) is 0 Å². The first-order valence-electron chi connectivity index (χ1n) is 5.11. The Kier molecular flexibility index (Phi) is 3.18. The van der Waals surface area contributed by atoms with Crippen molar-refractivity contribution < 1.29 is 14.3 Å². The molecule has 92 valence electrons. The van der Waals surface area contributed by atoms with Gasteiger partial charge in [-0.1, -0.05) is 0 Å². The van der Waals surface area contributed by atoms with Crippen LogP contribution in [0.5, 0.6) is 0 Å². The zero-order valence-electron chi connectivity index (χ0n) is 9.54. The number of carbonyl (C=O) groups is 1. The van der Waals surface area contributed by atoms with Crippen molar-refractivity contribution in [3.63, 3.8) is 0 Å². The highest BCUT2D eigenvalue weighted by molar-refractivity contribution is 5.87. The minimum Gasteiger partial charge on any atom is -0.478 e. The Morgan fingerprint density at radius 1 is 1.44 bits per heavy atom. The van der Waals surface area contributed by atoms with Gasteiger partial charge in [0, 0.05) is 42.2 Å². The van der Waals surface area contributed by atoms with Gasteiger partial charge in [-0.2, -0.15) is 5.10 Å². The van der Waals surface area contributed by atoms with Crippen LogP contribution in [0.4, 0.5) is 4.39 Å². The zero-order chi connectivity index (χ0) is 13.1. The second-order valence-electron chi connectivity index (χ2n) is 3.66. The van der Waals surface area contributed by atoms with Gasteiger partial charge in [0.05, 0.1) is 12.4 Å². The molecule has 0 aliphatic rings. The summed E-state index contributed by atoms with van der Waals surface area (Å²) in [5.41, 5.74) is 1.25. The van der Waals surface area contributed by atoms with Crippen LogP contribution in [0.25, 0.3) is 17.2 Å². The molecule has 0 radical (unpaired) electrons. The zero-order valence-corrected chi connectivity index (χ0v) is 9.54. The van der Waals surface area contributed by atoms with Crippen molar-refractivity contribution >= 4 is 12.0 Å². The van der Waals surface area contributed by atoms with Crippen LogP contribution in [0.2, 0.25) is 0 Å². The van der Waals surface area contributed by atoms with Gasteiger partial charge in [-0.25, -0.2) is 9.18 Å². The lowest BCUT2D eigenvalue weighted by Crippen LogP contribution is -1.92. The van der Waals surface area contributed by atoms with Gasteiger partial charge in [-0.05, 0) is 6.08 Å². The molecule has 2 rings (SSSR count). The summed E-state index contributed by atoms with van der Waals surface area (Å²) < 4.78 is 15.3. The fraction of sp³-hybridized carbons (Fsp3) is 0.0833. The van der Waals surface area contributed by atoms with E-state index in [0.29, 0.717) is 11.1 Å². The van der Waals surface area contributed by atoms with Crippen LogP contribution >= 0.6 is 0 Å². The second-order valence-corrected chi connectivity index (χ2v) is 3.66. The van der Waals surface area contributed by atoms with Crippen LogP contribution < -0.4 is 0 Å². The van der Waals surface area contributed by atoms with Crippen LogP contribution in [0.1, 0.15) is 5.56 Å². The number of aryl methyl sites for hydroxylation is 1. The molecule has 18 heavy (non-hydrogen) atoms. The number of carboxylic acid groups (broad SMARTS) is 1. The minimum absolute atomic E-state index is 0.288. The highest BCUT2D eigenvalue weighted by Crippen LogP contribution is 2.26. The van der Waals surface area contributed by atoms with E-state index in [9.17, 15) is 9.18 Å². The third-order valence-electron chi connectivity index (χ3n) is 2.33. The molecule has 2 heterocycles. The topological polar surface area (TPSA) is 68.0 Å². The number of hydrogen-bond donors (Lipinski definition) is 1. The van der Waals surface area contributed by atoms with Gasteiger partial charge < -0.3 is 5.11 Å². The van der Waals surface area contributed by atoms with Crippen molar-refractivity contribution in [2.75, 3.05) is 0 Å². The van der Waals surface area contributed by atoms with Gasteiger partial charge >= 0.3 is 5.97 Å². The van der Waals surface area contributed by atoms with Crippen molar-refractivity contribution in [2.24, 2.45) is 7.05 Å². The van der Waals surface area contributed by atoms with E-state index in [4.69, 9.17) is 5.11 Å². The number of halogens is 1. The lowest BCUT2D eigenvalue weighted by atomic mass is 10.0. The van der Waals surface area contributed by atoms with Crippen molar-refractivity contribution in [1.29, 1.82) is 0 Å². The molecule has 0 aromatic carbocycles. The fourth-order valence-corrected chi connectivity index (χ4v) is 1.59. The Bertz CT molecular complexity index is 620. The number of pyridine rings is 1. The number of rotatable bonds is 3. The lowest BCUT2D eigenvalue weighted by Gasteiger charge is -2.04. The van der Waals surface area contributed by atoms with Crippen molar-refractivity contribution in [2.45, 2.75) is 0 Å². The fourth-order valence-electron chi connectivity index (χ4n) is 1.59. The van der Waals surface area contributed by atoms with Crippen molar-refractivity contribution in [3.8, 4) is 11.1 Å². The number of aliphatic carboxylic acids is 1. The first-order valence-corrected chi connectivity index (χ1v) is 5.11. The smallest absolute Gasteiger partial charge is 0.328 e. The quantitative estimate of drug-likeness (QED) is 0.838. The van der Waals surface area contributed by atoms with E-state index < -0.39 is 11.8 Å². The molecule has 0 unspecified atom stereocenters. The van der Waals surface area contributed by atoms with Gasteiger partial charge in [0.1, 0.15) is 5.82 Å². The maximum Gasteiger partial charge on any atom is 0.328 e. The maximum atomic E-state index is 13.8. The Morgan fingerprint density at radius 3 is 2.83 bits per heavy atom. The molecule has 0 aliphatic heterocycles. The second kappa shape index (κ2) is 4.79. The van der Waals surface area contributed by atoms with Crippen LogP contribution in [-0.4, -0.2) is 25.8 Å². The maximum absolute atomic E-state index is 13.8. The van der Waals surface area contributed by atoms with Crippen LogP contribution in [0.15, 0.2) is 30.9 Å². The largest absolute Gasteiger partial charge is 0.478 e. The average Bonchev–Trinajstić information content (AvgIpc) is 2.72. The molecule has 6 heteroatoms. The van der Waals surface area contributed by atoms with Crippen molar-refractivity contribution in [3.05, 3.63) is 42.2 Å². The molecule has 0 bridgehead atoms. The molecule has 2 aromatic heterocycles. The van der Waals surface area contributed by atoms with Crippen LogP contribution in [0, 0.1) is 5.82 Å². The summed E-state index contributed by atoms with van der Waals surface area (Å²) in [7, 11) is 1.72. The van der Waals surface area contributed by atoms with E-state index in [0.717, 1.165) is 12.3 Å². The van der Waals surface area contributed by atoms with Crippen molar-refractivity contribution in [1.82, 2.24) is 14.8 Å². The molecule has 0 amide bonds. The number of aromatic nitrogens is 3. The first-order chi connectivity index (χ1) is 8.58. The summed E-state index contributed by atoms with van der Waals surface area (Å²) in [6.07, 6.45) is 7.90. The normalized spacial score (nSPS) is 11.0. The van der Waals surface area contributed by atoms with Gasteiger partial charge in [0.15, 0.2) is 0 Å². The Labute approximate surface area is 102 Å². The Morgan fingerprint density at radius 2 is 2.22 bits per heavy atom. The summed E-state index contributed by atoms with van der Waals surface area (Å²) >= 11 is 0. The van der Waals surface area contributed by atoms with Gasteiger partial charge in [-0.15, -0.1) is 0 Å². The molecule has 0 saturated heterocycles. The average molecular weight is 247 g/mol. The molecular formula is C12H10FN3O2. The third kappa shape index (κ3) is 2.42. The number of carboxylic acids is 1. The monoisotopic (exact) mass is 247 g/mol. The van der Waals surface area contributed by atoms with Crippen LogP contribution in [-0.2, 0) is 11.8 Å². The molecule has 5 nitrogen and oxygen atoms in total. The summed E-state index contributed by atoms with van der Waals surface area (Å²) in [6, 6.07) is 0. The molecule has 0 atom stereocenters. The molecule has 1 N–H and O–H groups in total. The summed E-state index contributed by atoms with van der Waals surface area (Å²) in [6.45, 7) is 0. The first kappa shape index (κ1) is 12.0. The van der Waals surface area contributed by atoms with E-state index in [1.165, 1.54) is 18.5 Å². The molecule has 0 aliphatic carbocycles. The molecule has 2 aromatic rings. The predicted octanol–water partition coefficient (Wildman–Crippen LogP) is 1.72. The summed E-state index contributed by atoms with van der Waals surface area (Å²) in [4.78, 5) is 14.2. The van der Waals surface area contributed by atoms with Gasteiger partial charge in [0.25, 0.3) is 0 Å². The minimum atomic E-state index is -1.10. The highest BCUT2D eigenvalue weighted by atomic mass is 19.1.